The second kappa shape index (κ2) is 8.63. The fourth-order valence-corrected chi connectivity index (χ4v) is 3.04. The van der Waals surface area contributed by atoms with Gasteiger partial charge in [-0.1, -0.05) is 26.2 Å². The van der Waals surface area contributed by atoms with Crippen LogP contribution < -0.4 is 16.7 Å². The number of anilines is 1. The molecule has 0 fully saturated rings. The summed E-state index contributed by atoms with van der Waals surface area (Å²) < 4.78 is 2.98. The SMILES string of the molecule is CCCCCCn1c(N/N=C\c2ccc(O)cc2O)nc2c1c(=O)[nH]c(=O)n2C. The van der Waals surface area contributed by atoms with E-state index < -0.39 is 11.2 Å². The molecule has 0 atom stereocenters. The van der Waals surface area contributed by atoms with Crippen molar-refractivity contribution in [2.24, 2.45) is 12.1 Å². The van der Waals surface area contributed by atoms with Gasteiger partial charge in [0.15, 0.2) is 11.2 Å². The molecule has 3 aromatic rings. The molecule has 0 unspecified atom stereocenters. The van der Waals surface area contributed by atoms with Crippen molar-refractivity contribution >= 4 is 23.3 Å². The molecule has 0 radical (unpaired) electrons. The minimum Gasteiger partial charge on any atom is -0.508 e. The summed E-state index contributed by atoms with van der Waals surface area (Å²) in [7, 11) is 1.54. The number of hydrogen-bond donors (Lipinski definition) is 4. The molecule has 154 valence electrons. The van der Waals surface area contributed by atoms with Gasteiger partial charge in [0.05, 0.1) is 6.21 Å². The summed E-state index contributed by atoms with van der Waals surface area (Å²) in [4.78, 5) is 31.0. The Bertz CT molecular complexity index is 1160. The predicted octanol–water partition coefficient (Wildman–Crippen LogP) is 1.86. The van der Waals surface area contributed by atoms with E-state index in [4.69, 9.17) is 0 Å². The molecule has 1 aromatic carbocycles. The van der Waals surface area contributed by atoms with E-state index in [9.17, 15) is 19.8 Å². The lowest BCUT2D eigenvalue weighted by molar-refractivity contribution is 0.450. The number of rotatable bonds is 8. The Balaban J connectivity index is 1.95. The van der Waals surface area contributed by atoms with Gasteiger partial charge in [0.25, 0.3) is 5.56 Å². The second-order valence-corrected chi connectivity index (χ2v) is 6.75. The third kappa shape index (κ3) is 4.31. The topological polar surface area (TPSA) is 138 Å². The van der Waals surface area contributed by atoms with Crippen molar-refractivity contribution in [3.63, 3.8) is 0 Å². The molecule has 0 bridgehead atoms. The van der Waals surface area contributed by atoms with Crippen molar-refractivity contribution in [1.82, 2.24) is 19.1 Å². The van der Waals surface area contributed by atoms with Gasteiger partial charge in [0.2, 0.25) is 5.95 Å². The Hall–Kier alpha value is -3.56. The maximum atomic E-state index is 12.4. The molecule has 0 saturated heterocycles. The molecule has 10 nitrogen and oxygen atoms in total. The zero-order valence-corrected chi connectivity index (χ0v) is 16.3. The molecule has 10 heteroatoms. The lowest BCUT2D eigenvalue weighted by Crippen LogP contribution is -2.29. The van der Waals surface area contributed by atoms with E-state index in [1.54, 1.807) is 4.57 Å². The Morgan fingerprint density at radius 3 is 2.76 bits per heavy atom. The summed E-state index contributed by atoms with van der Waals surface area (Å²) in [6.07, 6.45) is 5.40. The van der Waals surface area contributed by atoms with Crippen LogP contribution >= 0.6 is 0 Å². The number of phenols is 2. The van der Waals surface area contributed by atoms with Crippen LogP contribution in [0.2, 0.25) is 0 Å². The van der Waals surface area contributed by atoms with E-state index in [0.717, 1.165) is 25.7 Å². The Labute approximate surface area is 166 Å². The first-order valence-electron chi connectivity index (χ1n) is 9.43. The van der Waals surface area contributed by atoms with Gasteiger partial charge in [0.1, 0.15) is 11.5 Å². The maximum absolute atomic E-state index is 12.4. The highest BCUT2D eigenvalue weighted by Crippen LogP contribution is 2.21. The van der Waals surface area contributed by atoms with Crippen LogP contribution in [0.5, 0.6) is 11.5 Å². The van der Waals surface area contributed by atoms with Crippen LogP contribution in [0.3, 0.4) is 0 Å². The number of phenolic OH excluding ortho intramolecular Hbond substituents is 2. The molecule has 29 heavy (non-hydrogen) atoms. The molecule has 0 aliphatic rings. The predicted molar refractivity (Wildman–Crippen MR) is 111 cm³/mol. The number of fused-ring (bicyclic) bond motifs is 1. The van der Waals surface area contributed by atoms with Crippen molar-refractivity contribution in [2.45, 2.75) is 39.2 Å². The molecule has 0 amide bonds. The van der Waals surface area contributed by atoms with Crippen molar-refractivity contribution in [1.29, 1.82) is 0 Å². The zero-order valence-electron chi connectivity index (χ0n) is 16.3. The quantitative estimate of drug-likeness (QED) is 0.259. The smallest absolute Gasteiger partial charge is 0.329 e. The van der Waals surface area contributed by atoms with Gasteiger partial charge in [-0.2, -0.15) is 10.1 Å². The van der Waals surface area contributed by atoms with E-state index in [0.29, 0.717) is 23.6 Å². The van der Waals surface area contributed by atoms with Crippen molar-refractivity contribution in [3.8, 4) is 11.5 Å². The lowest BCUT2D eigenvalue weighted by Gasteiger charge is -2.08. The average Bonchev–Trinajstić information content (AvgIpc) is 3.04. The summed E-state index contributed by atoms with van der Waals surface area (Å²) >= 11 is 0. The van der Waals surface area contributed by atoms with E-state index in [-0.39, 0.29) is 17.1 Å². The van der Waals surface area contributed by atoms with Gasteiger partial charge in [-0.25, -0.2) is 10.2 Å². The molecular formula is C19H24N6O4. The average molecular weight is 400 g/mol. The number of aryl methyl sites for hydroxylation is 2. The summed E-state index contributed by atoms with van der Waals surface area (Å²) in [5.41, 5.74) is 2.70. The van der Waals surface area contributed by atoms with Gasteiger partial charge >= 0.3 is 5.69 Å². The number of aromatic amines is 1. The molecule has 0 saturated carbocycles. The largest absolute Gasteiger partial charge is 0.508 e. The molecule has 2 aromatic heterocycles. The molecule has 0 spiro atoms. The summed E-state index contributed by atoms with van der Waals surface area (Å²) in [6, 6.07) is 4.15. The zero-order chi connectivity index (χ0) is 21.0. The van der Waals surface area contributed by atoms with E-state index in [2.05, 4.69) is 27.4 Å². The van der Waals surface area contributed by atoms with E-state index >= 15 is 0 Å². The highest BCUT2D eigenvalue weighted by Gasteiger charge is 2.16. The first-order chi connectivity index (χ1) is 13.9. The van der Waals surface area contributed by atoms with Gasteiger partial charge < -0.3 is 14.8 Å². The van der Waals surface area contributed by atoms with Crippen LogP contribution in [0.15, 0.2) is 32.9 Å². The van der Waals surface area contributed by atoms with Gasteiger partial charge in [0, 0.05) is 25.2 Å². The molecule has 4 N–H and O–H groups in total. The molecule has 3 rings (SSSR count). The number of hydrazone groups is 1. The third-order valence-electron chi connectivity index (χ3n) is 4.62. The van der Waals surface area contributed by atoms with Crippen LogP contribution in [0.4, 0.5) is 5.95 Å². The third-order valence-corrected chi connectivity index (χ3v) is 4.62. The van der Waals surface area contributed by atoms with Crippen LogP contribution in [0.1, 0.15) is 38.2 Å². The maximum Gasteiger partial charge on any atom is 0.329 e. The molecule has 0 aliphatic heterocycles. The number of aromatic hydroxyl groups is 2. The molecule has 2 heterocycles. The van der Waals surface area contributed by atoms with Crippen LogP contribution in [-0.2, 0) is 13.6 Å². The second-order valence-electron chi connectivity index (χ2n) is 6.75. The minimum atomic E-state index is -0.540. The fourth-order valence-electron chi connectivity index (χ4n) is 3.04. The number of nitrogens with zero attached hydrogens (tertiary/aromatic N) is 4. The summed E-state index contributed by atoms with van der Waals surface area (Å²) in [6.45, 7) is 2.66. The van der Waals surface area contributed by atoms with E-state index in [1.165, 1.54) is 36.0 Å². The molecular weight excluding hydrogens is 376 g/mol. The van der Waals surface area contributed by atoms with E-state index in [1.807, 2.05) is 0 Å². The number of H-pyrrole nitrogens is 1. The highest BCUT2D eigenvalue weighted by molar-refractivity contribution is 5.84. The van der Waals surface area contributed by atoms with Gasteiger partial charge in [-0.15, -0.1) is 0 Å². The summed E-state index contributed by atoms with van der Waals surface area (Å²) in [5, 5.41) is 23.3. The first-order valence-corrected chi connectivity index (χ1v) is 9.43. The van der Waals surface area contributed by atoms with Crippen LogP contribution in [0.25, 0.3) is 11.2 Å². The summed E-state index contributed by atoms with van der Waals surface area (Å²) in [5.74, 6) is 0.141. The fraction of sp³-hybridized carbons (Fsp3) is 0.368. The lowest BCUT2D eigenvalue weighted by atomic mass is 10.2. The number of imidazole rings is 1. The first kappa shape index (κ1) is 20.2. The number of nitrogens with one attached hydrogen (secondary N) is 2. The number of unbranched alkanes of at least 4 members (excludes halogenated alkanes) is 3. The number of aromatic nitrogens is 4. The minimum absolute atomic E-state index is 0.0541. The monoisotopic (exact) mass is 400 g/mol. The highest BCUT2D eigenvalue weighted by atomic mass is 16.3. The van der Waals surface area contributed by atoms with Crippen molar-refractivity contribution in [3.05, 3.63) is 44.6 Å². The Kier molecular flexibility index (Phi) is 6.01. The molecule has 0 aliphatic carbocycles. The van der Waals surface area contributed by atoms with Crippen LogP contribution in [-0.4, -0.2) is 35.5 Å². The van der Waals surface area contributed by atoms with Gasteiger partial charge in [-0.3, -0.25) is 14.3 Å². The number of hydrogen-bond acceptors (Lipinski definition) is 7. The van der Waals surface area contributed by atoms with Crippen molar-refractivity contribution < 1.29 is 10.2 Å². The Morgan fingerprint density at radius 2 is 2.03 bits per heavy atom. The van der Waals surface area contributed by atoms with Crippen LogP contribution in [0, 0.1) is 0 Å². The van der Waals surface area contributed by atoms with Crippen molar-refractivity contribution in [2.75, 3.05) is 5.43 Å². The van der Waals surface area contributed by atoms with Gasteiger partial charge in [-0.05, 0) is 18.6 Å². The number of benzene rings is 1. The normalized spacial score (nSPS) is 11.5. The Morgan fingerprint density at radius 1 is 1.24 bits per heavy atom. The standard InChI is InChI=1S/C19H24N6O4/c1-3-4-5-6-9-25-15-16(24(2)19(29)22-17(15)28)21-18(25)23-20-11-12-7-8-13(26)10-14(12)27/h7-8,10-11,26-27H,3-6,9H2,1-2H3,(H,21,23)(H,22,28,29)/b20-11-.